The van der Waals surface area contributed by atoms with Crippen LogP contribution in [0.4, 0.5) is 0 Å². The Morgan fingerprint density at radius 3 is 2.61 bits per heavy atom. The number of aromatic amines is 1. The molecule has 0 aromatic carbocycles. The van der Waals surface area contributed by atoms with E-state index in [1.54, 1.807) is 18.3 Å². The molecule has 100 valence electrons. The lowest BCUT2D eigenvalue weighted by Gasteiger charge is -2.06. The standard InChI is InChI=1S/C13H21N3O2/c1-2-3-4-5-6-9-12(17)15-16-13(18)11-8-7-10-14-11/h7-8,10,14H,2-6,9H2,1H3,(H,15,17)(H,16,18). The van der Waals surface area contributed by atoms with E-state index in [0.717, 1.165) is 12.8 Å². The van der Waals surface area contributed by atoms with Crippen LogP contribution in [-0.4, -0.2) is 16.8 Å². The second-order valence-electron chi connectivity index (χ2n) is 4.25. The number of hydrogen-bond acceptors (Lipinski definition) is 2. The molecule has 0 fully saturated rings. The molecule has 5 heteroatoms. The van der Waals surface area contributed by atoms with E-state index in [0.29, 0.717) is 12.1 Å². The van der Waals surface area contributed by atoms with Crippen molar-refractivity contribution in [3.63, 3.8) is 0 Å². The summed E-state index contributed by atoms with van der Waals surface area (Å²) in [6.07, 6.45) is 7.61. The predicted octanol–water partition coefficient (Wildman–Crippen LogP) is 2.14. The van der Waals surface area contributed by atoms with Crippen LogP contribution in [0.25, 0.3) is 0 Å². The van der Waals surface area contributed by atoms with E-state index in [-0.39, 0.29) is 11.8 Å². The van der Waals surface area contributed by atoms with Crippen molar-refractivity contribution in [2.45, 2.75) is 45.4 Å². The highest BCUT2D eigenvalue weighted by Crippen LogP contribution is 2.04. The van der Waals surface area contributed by atoms with Gasteiger partial charge < -0.3 is 4.98 Å². The second-order valence-corrected chi connectivity index (χ2v) is 4.25. The van der Waals surface area contributed by atoms with E-state index < -0.39 is 0 Å². The Balaban J connectivity index is 2.08. The zero-order chi connectivity index (χ0) is 13.2. The number of rotatable bonds is 7. The Morgan fingerprint density at radius 2 is 1.94 bits per heavy atom. The van der Waals surface area contributed by atoms with Gasteiger partial charge in [0.2, 0.25) is 5.91 Å². The van der Waals surface area contributed by atoms with E-state index in [4.69, 9.17) is 0 Å². The molecule has 1 heterocycles. The molecule has 0 spiro atoms. The zero-order valence-corrected chi connectivity index (χ0v) is 10.8. The molecule has 3 N–H and O–H groups in total. The first-order chi connectivity index (χ1) is 8.74. The van der Waals surface area contributed by atoms with Crippen molar-refractivity contribution in [3.8, 4) is 0 Å². The quantitative estimate of drug-likeness (QED) is 0.513. The van der Waals surface area contributed by atoms with E-state index in [1.807, 2.05) is 0 Å². The number of H-pyrrole nitrogens is 1. The van der Waals surface area contributed by atoms with Crippen LogP contribution >= 0.6 is 0 Å². The van der Waals surface area contributed by atoms with Gasteiger partial charge in [0.1, 0.15) is 5.69 Å². The summed E-state index contributed by atoms with van der Waals surface area (Å²) in [5.41, 5.74) is 5.20. The third-order valence-electron chi connectivity index (χ3n) is 2.67. The molecular formula is C13H21N3O2. The number of carbonyl (C=O) groups is 2. The Labute approximate surface area is 107 Å². The first-order valence-corrected chi connectivity index (χ1v) is 6.46. The molecule has 18 heavy (non-hydrogen) atoms. The van der Waals surface area contributed by atoms with Crippen LogP contribution in [0.15, 0.2) is 18.3 Å². The summed E-state index contributed by atoms with van der Waals surface area (Å²) >= 11 is 0. The van der Waals surface area contributed by atoms with Gasteiger partial charge in [0.05, 0.1) is 0 Å². The molecule has 0 saturated carbocycles. The highest BCUT2D eigenvalue weighted by molar-refractivity contribution is 5.93. The minimum Gasteiger partial charge on any atom is -0.357 e. The molecular weight excluding hydrogens is 230 g/mol. The summed E-state index contributed by atoms with van der Waals surface area (Å²) < 4.78 is 0. The van der Waals surface area contributed by atoms with E-state index in [1.165, 1.54) is 19.3 Å². The van der Waals surface area contributed by atoms with Crippen molar-refractivity contribution in [2.75, 3.05) is 0 Å². The van der Waals surface area contributed by atoms with Crippen LogP contribution in [-0.2, 0) is 4.79 Å². The molecule has 0 bridgehead atoms. The fraction of sp³-hybridized carbons (Fsp3) is 0.538. The van der Waals surface area contributed by atoms with Gasteiger partial charge in [-0.15, -0.1) is 0 Å². The molecule has 0 saturated heterocycles. The topological polar surface area (TPSA) is 74.0 Å². The van der Waals surface area contributed by atoms with Gasteiger partial charge in [-0.05, 0) is 18.6 Å². The second kappa shape index (κ2) is 8.33. The number of carbonyl (C=O) groups excluding carboxylic acids is 2. The lowest BCUT2D eigenvalue weighted by Crippen LogP contribution is -2.41. The van der Waals surface area contributed by atoms with Crippen LogP contribution < -0.4 is 10.9 Å². The van der Waals surface area contributed by atoms with Gasteiger partial charge in [-0.25, -0.2) is 0 Å². The summed E-state index contributed by atoms with van der Waals surface area (Å²) in [4.78, 5) is 25.6. The summed E-state index contributed by atoms with van der Waals surface area (Å²) in [6, 6.07) is 3.37. The van der Waals surface area contributed by atoms with Gasteiger partial charge in [0, 0.05) is 12.6 Å². The molecule has 0 aliphatic rings. The van der Waals surface area contributed by atoms with Crippen molar-refractivity contribution < 1.29 is 9.59 Å². The molecule has 0 aliphatic heterocycles. The number of amides is 2. The van der Waals surface area contributed by atoms with Gasteiger partial charge in [-0.2, -0.15) is 0 Å². The number of unbranched alkanes of at least 4 members (excludes halogenated alkanes) is 4. The molecule has 1 rings (SSSR count). The van der Waals surface area contributed by atoms with Gasteiger partial charge in [-0.1, -0.05) is 32.6 Å². The third kappa shape index (κ3) is 5.52. The first-order valence-electron chi connectivity index (χ1n) is 6.46. The van der Waals surface area contributed by atoms with Gasteiger partial charge >= 0.3 is 0 Å². The van der Waals surface area contributed by atoms with Gasteiger partial charge in [0.15, 0.2) is 0 Å². The first kappa shape index (κ1) is 14.3. The van der Waals surface area contributed by atoms with Crippen LogP contribution in [0, 0.1) is 0 Å². The van der Waals surface area contributed by atoms with Crippen LogP contribution in [0.2, 0.25) is 0 Å². The molecule has 2 amide bonds. The Kier molecular flexibility index (Phi) is 6.61. The van der Waals surface area contributed by atoms with Crippen LogP contribution in [0.1, 0.15) is 55.9 Å². The van der Waals surface area contributed by atoms with Crippen LogP contribution in [0.3, 0.4) is 0 Å². The monoisotopic (exact) mass is 251 g/mol. The average Bonchev–Trinajstić information content (AvgIpc) is 2.89. The normalized spacial score (nSPS) is 10.1. The maximum atomic E-state index is 11.5. The van der Waals surface area contributed by atoms with Crippen LogP contribution in [0.5, 0.6) is 0 Å². The molecule has 1 aromatic rings. The Morgan fingerprint density at radius 1 is 1.17 bits per heavy atom. The maximum absolute atomic E-state index is 11.5. The fourth-order valence-corrected chi connectivity index (χ4v) is 1.62. The Hall–Kier alpha value is -1.78. The maximum Gasteiger partial charge on any atom is 0.286 e. The lowest BCUT2D eigenvalue weighted by atomic mass is 10.1. The summed E-state index contributed by atoms with van der Waals surface area (Å²) in [6.45, 7) is 2.16. The van der Waals surface area contributed by atoms with Crippen molar-refractivity contribution in [1.29, 1.82) is 0 Å². The van der Waals surface area contributed by atoms with E-state index in [2.05, 4.69) is 22.8 Å². The van der Waals surface area contributed by atoms with Gasteiger partial charge in [-0.3, -0.25) is 20.4 Å². The molecule has 0 unspecified atom stereocenters. The number of aromatic nitrogens is 1. The minimum absolute atomic E-state index is 0.147. The van der Waals surface area contributed by atoms with Crippen molar-refractivity contribution in [3.05, 3.63) is 24.0 Å². The Bertz CT molecular complexity index is 360. The molecule has 5 nitrogen and oxygen atoms in total. The molecule has 0 radical (unpaired) electrons. The SMILES string of the molecule is CCCCCCCC(=O)NNC(=O)c1ccc[nH]1. The summed E-state index contributed by atoms with van der Waals surface area (Å²) in [5.74, 6) is -0.481. The van der Waals surface area contributed by atoms with Crippen molar-refractivity contribution in [2.24, 2.45) is 0 Å². The fourth-order valence-electron chi connectivity index (χ4n) is 1.62. The summed E-state index contributed by atoms with van der Waals surface area (Å²) in [5, 5.41) is 0. The van der Waals surface area contributed by atoms with Crippen molar-refractivity contribution >= 4 is 11.8 Å². The lowest BCUT2D eigenvalue weighted by molar-refractivity contribution is -0.122. The molecule has 0 atom stereocenters. The van der Waals surface area contributed by atoms with Crippen molar-refractivity contribution in [1.82, 2.24) is 15.8 Å². The number of hydrazine groups is 1. The van der Waals surface area contributed by atoms with Gasteiger partial charge in [0.25, 0.3) is 5.91 Å². The minimum atomic E-state index is -0.334. The highest BCUT2D eigenvalue weighted by atomic mass is 16.2. The average molecular weight is 251 g/mol. The zero-order valence-electron chi connectivity index (χ0n) is 10.8. The largest absolute Gasteiger partial charge is 0.357 e. The van der Waals surface area contributed by atoms with E-state index >= 15 is 0 Å². The third-order valence-corrected chi connectivity index (χ3v) is 2.67. The molecule has 1 aromatic heterocycles. The highest BCUT2D eigenvalue weighted by Gasteiger charge is 2.06. The number of nitrogens with one attached hydrogen (secondary N) is 3. The smallest absolute Gasteiger partial charge is 0.286 e. The predicted molar refractivity (Wildman–Crippen MR) is 69.8 cm³/mol. The molecule has 0 aliphatic carbocycles. The van der Waals surface area contributed by atoms with E-state index in [9.17, 15) is 9.59 Å². The number of hydrogen-bond donors (Lipinski definition) is 3. The summed E-state index contributed by atoms with van der Waals surface area (Å²) in [7, 11) is 0.